The minimum absolute atomic E-state index is 0. The average molecular weight is 422 g/mol. The van der Waals surface area contributed by atoms with E-state index in [-0.39, 0.29) is 24.9 Å². The van der Waals surface area contributed by atoms with E-state index in [9.17, 15) is 4.79 Å². The molecule has 0 atom stereocenters. The van der Waals surface area contributed by atoms with E-state index in [1.165, 1.54) is 0 Å². The lowest BCUT2D eigenvalue weighted by Crippen LogP contribution is -2.35. The third kappa shape index (κ3) is 5.72. The Kier molecular flexibility index (Phi) is 8.14. The van der Waals surface area contributed by atoms with E-state index in [2.05, 4.69) is 5.32 Å². The molecule has 3 aromatic carbocycles. The minimum atomic E-state index is -0.0394. The Labute approximate surface area is 175 Å². The largest absolute Gasteiger partial charge is 0.304 e. The van der Waals surface area contributed by atoms with Crippen LogP contribution in [0.1, 0.15) is 5.56 Å². The summed E-state index contributed by atoms with van der Waals surface area (Å²) < 4.78 is 0. The first-order chi connectivity index (χ1) is 12.6. The molecular formula is C21H19Cl3N2O. The first-order valence-corrected chi connectivity index (χ1v) is 8.98. The van der Waals surface area contributed by atoms with Gasteiger partial charge in [0, 0.05) is 17.9 Å². The van der Waals surface area contributed by atoms with E-state index in [1.807, 2.05) is 66.7 Å². The first kappa shape index (κ1) is 21.3. The third-order valence-corrected chi connectivity index (χ3v) is 4.61. The van der Waals surface area contributed by atoms with Gasteiger partial charge in [-0.3, -0.25) is 9.69 Å². The molecule has 0 unspecified atom stereocenters. The standard InChI is InChI=1S/C21H18Cl2N2O.ClH/c22-19-12-11-16(13-20(19)23)14-24-15-21(26)25(17-7-3-1-4-8-17)18-9-5-2-6-10-18;/h1-13,24H,14-15H2;1H. The lowest BCUT2D eigenvalue weighted by atomic mass is 10.2. The fourth-order valence-electron chi connectivity index (χ4n) is 2.63. The van der Waals surface area contributed by atoms with Crippen molar-refractivity contribution < 1.29 is 4.79 Å². The van der Waals surface area contributed by atoms with Crippen LogP contribution < -0.4 is 10.2 Å². The van der Waals surface area contributed by atoms with E-state index >= 15 is 0 Å². The molecule has 3 rings (SSSR count). The van der Waals surface area contributed by atoms with Crippen LogP contribution >= 0.6 is 35.6 Å². The van der Waals surface area contributed by atoms with Gasteiger partial charge >= 0.3 is 0 Å². The maximum Gasteiger partial charge on any atom is 0.245 e. The highest BCUT2D eigenvalue weighted by Crippen LogP contribution is 2.25. The predicted octanol–water partition coefficient (Wildman–Crippen LogP) is 5.87. The van der Waals surface area contributed by atoms with E-state index in [0.29, 0.717) is 16.6 Å². The molecule has 0 aliphatic carbocycles. The number of amides is 1. The lowest BCUT2D eigenvalue weighted by Gasteiger charge is -2.23. The number of benzene rings is 3. The minimum Gasteiger partial charge on any atom is -0.304 e. The molecule has 0 aliphatic heterocycles. The summed E-state index contributed by atoms with van der Waals surface area (Å²) in [4.78, 5) is 14.6. The van der Waals surface area contributed by atoms with Crippen molar-refractivity contribution in [1.29, 1.82) is 0 Å². The number of rotatable bonds is 6. The average Bonchev–Trinajstić information content (AvgIpc) is 2.67. The molecule has 6 heteroatoms. The molecule has 27 heavy (non-hydrogen) atoms. The van der Waals surface area contributed by atoms with Crippen LogP contribution in [0.3, 0.4) is 0 Å². The number of halogens is 3. The summed E-state index contributed by atoms with van der Waals surface area (Å²) in [5.74, 6) is -0.0394. The second kappa shape index (κ2) is 10.3. The van der Waals surface area contributed by atoms with Gasteiger partial charge in [-0.25, -0.2) is 0 Å². The molecule has 140 valence electrons. The molecule has 0 radical (unpaired) electrons. The van der Waals surface area contributed by atoms with Crippen molar-refractivity contribution in [2.45, 2.75) is 6.54 Å². The molecule has 1 amide bonds. The predicted molar refractivity (Wildman–Crippen MR) is 115 cm³/mol. The molecule has 0 aliphatic rings. The molecular weight excluding hydrogens is 403 g/mol. The van der Waals surface area contributed by atoms with Crippen LogP contribution in [0.5, 0.6) is 0 Å². The maximum atomic E-state index is 12.9. The van der Waals surface area contributed by atoms with Gasteiger partial charge in [0.1, 0.15) is 0 Å². The van der Waals surface area contributed by atoms with E-state index in [1.54, 1.807) is 17.0 Å². The van der Waals surface area contributed by atoms with Crippen molar-refractivity contribution in [2.24, 2.45) is 0 Å². The van der Waals surface area contributed by atoms with Crippen molar-refractivity contribution in [3.05, 3.63) is 94.5 Å². The lowest BCUT2D eigenvalue weighted by molar-refractivity contribution is -0.117. The normalized spacial score (nSPS) is 10.1. The summed E-state index contributed by atoms with van der Waals surface area (Å²) >= 11 is 12.0. The first-order valence-electron chi connectivity index (χ1n) is 8.23. The smallest absolute Gasteiger partial charge is 0.245 e. The SMILES string of the molecule is Cl.O=C(CNCc1ccc(Cl)c(Cl)c1)N(c1ccccc1)c1ccccc1. The topological polar surface area (TPSA) is 32.3 Å². The molecule has 0 saturated carbocycles. The summed E-state index contributed by atoms with van der Waals surface area (Å²) in [6.45, 7) is 0.726. The quantitative estimate of drug-likeness (QED) is 0.540. The highest BCUT2D eigenvalue weighted by Gasteiger charge is 2.17. The Morgan fingerprint density at radius 1 is 0.815 bits per heavy atom. The molecule has 0 heterocycles. The highest BCUT2D eigenvalue weighted by atomic mass is 35.5. The molecule has 0 spiro atoms. The Morgan fingerprint density at radius 2 is 1.37 bits per heavy atom. The fraction of sp³-hybridized carbons (Fsp3) is 0.0952. The Bertz CT molecular complexity index is 834. The summed E-state index contributed by atoms with van der Waals surface area (Å²) in [7, 11) is 0. The molecule has 3 aromatic rings. The monoisotopic (exact) mass is 420 g/mol. The van der Waals surface area contributed by atoms with Crippen LogP contribution in [0.15, 0.2) is 78.9 Å². The van der Waals surface area contributed by atoms with Crippen molar-refractivity contribution in [1.82, 2.24) is 5.32 Å². The third-order valence-electron chi connectivity index (χ3n) is 3.87. The number of nitrogens with one attached hydrogen (secondary N) is 1. The van der Waals surface area contributed by atoms with Gasteiger partial charge in [-0.05, 0) is 42.0 Å². The summed E-state index contributed by atoms with van der Waals surface area (Å²) in [5.41, 5.74) is 2.64. The van der Waals surface area contributed by atoms with Crippen LogP contribution in [-0.2, 0) is 11.3 Å². The zero-order valence-corrected chi connectivity index (χ0v) is 16.8. The molecule has 1 N–H and O–H groups in total. The Balaban J connectivity index is 0.00000261. The molecule has 0 saturated heterocycles. The number of para-hydroxylation sites is 2. The van der Waals surface area contributed by atoms with E-state index < -0.39 is 0 Å². The second-order valence-corrected chi connectivity index (χ2v) is 6.57. The number of hydrogen-bond acceptors (Lipinski definition) is 2. The van der Waals surface area contributed by atoms with Crippen LogP contribution in [0.4, 0.5) is 11.4 Å². The fourth-order valence-corrected chi connectivity index (χ4v) is 2.95. The zero-order chi connectivity index (χ0) is 18.4. The molecule has 0 bridgehead atoms. The zero-order valence-electron chi connectivity index (χ0n) is 14.4. The van der Waals surface area contributed by atoms with Gasteiger partial charge in [0.05, 0.1) is 16.6 Å². The van der Waals surface area contributed by atoms with E-state index in [4.69, 9.17) is 23.2 Å². The van der Waals surface area contributed by atoms with Crippen LogP contribution in [0.2, 0.25) is 10.0 Å². The Hall–Kier alpha value is -2.04. The van der Waals surface area contributed by atoms with Gasteiger partial charge in [0.2, 0.25) is 5.91 Å². The summed E-state index contributed by atoms with van der Waals surface area (Å²) in [6.07, 6.45) is 0. The van der Waals surface area contributed by atoms with Gasteiger partial charge in [-0.15, -0.1) is 12.4 Å². The van der Waals surface area contributed by atoms with E-state index in [0.717, 1.165) is 16.9 Å². The molecule has 0 fully saturated rings. The van der Waals surface area contributed by atoms with Crippen molar-refractivity contribution in [3.8, 4) is 0 Å². The maximum absolute atomic E-state index is 12.9. The van der Waals surface area contributed by atoms with Gasteiger partial charge in [0.25, 0.3) is 0 Å². The number of carbonyl (C=O) groups is 1. The Morgan fingerprint density at radius 3 is 1.89 bits per heavy atom. The second-order valence-electron chi connectivity index (χ2n) is 5.75. The molecule has 3 nitrogen and oxygen atoms in total. The van der Waals surface area contributed by atoms with Crippen LogP contribution in [-0.4, -0.2) is 12.5 Å². The summed E-state index contributed by atoms with van der Waals surface area (Å²) in [6, 6.07) is 24.7. The van der Waals surface area contributed by atoms with Gasteiger partial charge in [0.15, 0.2) is 0 Å². The summed E-state index contributed by atoms with van der Waals surface area (Å²) in [5, 5.41) is 4.20. The van der Waals surface area contributed by atoms with Crippen molar-refractivity contribution >= 4 is 52.9 Å². The number of carbonyl (C=O) groups excluding carboxylic acids is 1. The van der Waals surface area contributed by atoms with Gasteiger partial charge in [-0.2, -0.15) is 0 Å². The molecule has 0 aromatic heterocycles. The van der Waals surface area contributed by atoms with Crippen molar-refractivity contribution in [3.63, 3.8) is 0 Å². The number of anilines is 2. The number of hydrogen-bond donors (Lipinski definition) is 1. The highest BCUT2D eigenvalue weighted by molar-refractivity contribution is 6.42. The van der Waals surface area contributed by atoms with Crippen molar-refractivity contribution in [2.75, 3.05) is 11.4 Å². The van der Waals surface area contributed by atoms with Gasteiger partial charge in [-0.1, -0.05) is 65.7 Å². The van der Waals surface area contributed by atoms with Crippen LogP contribution in [0.25, 0.3) is 0 Å². The number of nitrogens with zero attached hydrogens (tertiary/aromatic N) is 1. The van der Waals surface area contributed by atoms with Crippen LogP contribution in [0, 0.1) is 0 Å². The van der Waals surface area contributed by atoms with Gasteiger partial charge < -0.3 is 5.32 Å².